The van der Waals surface area contributed by atoms with Crippen molar-refractivity contribution in [3.8, 4) is 0 Å². The molecule has 0 spiro atoms. The molecule has 6 heteroatoms. The van der Waals surface area contributed by atoms with E-state index in [0.29, 0.717) is 12.1 Å². The average Bonchev–Trinajstić information content (AvgIpc) is 2.59. The Morgan fingerprint density at radius 3 is 2.29 bits per heavy atom. The second-order valence-electron chi connectivity index (χ2n) is 5.44. The summed E-state index contributed by atoms with van der Waals surface area (Å²) in [6.07, 6.45) is 0. The summed E-state index contributed by atoms with van der Waals surface area (Å²) in [6.45, 7) is 2.40. The van der Waals surface area contributed by atoms with Gasteiger partial charge in [-0.25, -0.2) is 0 Å². The van der Waals surface area contributed by atoms with Crippen molar-refractivity contribution in [2.24, 2.45) is 5.73 Å². The summed E-state index contributed by atoms with van der Waals surface area (Å²) in [6, 6.07) is 15.6. The van der Waals surface area contributed by atoms with Crippen LogP contribution in [-0.4, -0.2) is 30.4 Å². The molecule has 0 aliphatic heterocycles. The fourth-order valence-electron chi connectivity index (χ4n) is 2.00. The number of amides is 1. The van der Waals surface area contributed by atoms with Crippen molar-refractivity contribution in [3.05, 3.63) is 64.7 Å². The number of nitrogens with two attached hydrogens (primary N) is 1. The van der Waals surface area contributed by atoms with Crippen LogP contribution in [0.25, 0.3) is 0 Å². The molecule has 0 aliphatic rings. The highest BCUT2D eigenvalue weighted by Gasteiger charge is 2.16. The van der Waals surface area contributed by atoms with Crippen LogP contribution in [0.4, 0.5) is 0 Å². The molecule has 1 amide bonds. The minimum atomic E-state index is -0.000135. The molecular weight excluding hydrogens is 363 g/mol. The van der Waals surface area contributed by atoms with Gasteiger partial charge in [0.05, 0.1) is 0 Å². The molecule has 0 radical (unpaired) electrons. The van der Waals surface area contributed by atoms with E-state index >= 15 is 0 Å². The Balaban J connectivity index is 0.00000288. The van der Waals surface area contributed by atoms with Gasteiger partial charge in [-0.05, 0) is 48.9 Å². The highest BCUT2D eigenvalue weighted by Crippen LogP contribution is 2.24. The largest absolute Gasteiger partial charge is 0.338 e. The topological polar surface area (TPSA) is 46.3 Å². The molecule has 0 fully saturated rings. The Morgan fingerprint density at radius 1 is 1.17 bits per heavy atom. The van der Waals surface area contributed by atoms with Crippen LogP contribution in [0.3, 0.4) is 0 Å². The zero-order valence-corrected chi connectivity index (χ0v) is 16.1. The van der Waals surface area contributed by atoms with E-state index in [0.717, 1.165) is 10.8 Å². The second kappa shape index (κ2) is 9.94. The SMILES string of the molecule is CC(CN)N(C)C(=O)c1ccc(CSc2ccc(Cl)cc2)cc1.Cl. The lowest BCUT2D eigenvalue weighted by Crippen LogP contribution is -2.39. The highest BCUT2D eigenvalue weighted by atomic mass is 35.5. The van der Waals surface area contributed by atoms with Gasteiger partial charge in [-0.3, -0.25) is 4.79 Å². The van der Waals surface area contributed by atoms with Crippen molar-refractivity contribution < 1.29 is 4.79 Å². The van der Waals surface area contributed by atoms with E-state index in [2.05, 4.69) is 0 Å². The van der Waals surface area contributed by atoms with Gasteiger partial charge in [0.25, 0.3) is 5.91 Å². The predicted molar refractivity (Wildman–Crippen MR) is 105 cm³/mol. The van der Waals surface area contributed by atoms with Crippen molar-refractivity contribution in [2.75, 3.05) is 13.6 Å². The van der Waals surface area contributed by atoms with Crippen molar-refractivity contribution >= 4 is 41.7 Å². The Kier molecular flexibility index (Phi) is 8.63. The fraction of sp³-hybridized carbons (Fsp3) is 0.278. The zero-order valence-electron chi connectivity index (χ0n) is 13.7. The first-order valence-corrected chi connectivity index (χ1v) is 8.82. The monoisotopic (exact) mass is 384 g/mol. The van der Waals surface area contributed by atoms with Gasteiger partial charge < -0.3 is 10.6 Å². The molecule has 0 saturated carbocycles. The molecule has 24 heavy (non-hydrogen) atoms. The van der Waals surface area contributed by atoms with E-state index in [1.54, 1.807) is 23.7 Å². The molecule has 1 unspecified atom stereocenters. The number of hydrogen-bond acceptors (Lipinski definition) is 3. The average molecular weight is 385 g/mol. The van der Waals surface area contributed by atoms with Gasteiger partial charge >= 0.3 is 0 Å². The quantitative estimate of drug-likeness (QED) is 0.747. The fourth-order valence-corrected chi connectivity index (χ4v) is 2.98. The lowest BCUT2D eigenvalue weighted by atomic mass is 10.1. The number of thioether (sulfide) groups is 1. The van der Waals surface area contributed by atoms with E-state index in [1.807, 2.05) is 55.5 Å². The van der Waals surface area contributed by atoms with Gasteiger partial charge in [-0.15, -0.1) is 24.2 Å². The van der Waals surface area contributed by atoms with Crippen molar-refractivity contribution in [1.29, 1.82) is 0 Å². The van der Waals surface area contributed by atoms with Gasteiger partial charge in [0.15, 0.2) is 0 Å². The molecule has 2 rings (SSSR count). The maximum Gasteiger partial charge on any atom is 0.253 e. The van der Waals surface area contributed by atoms with Crippen molar-refractivity contribution in [2.45, 2.75) is 23.6 Å². The molecule has 0 saturated heterocycles. The van der Waals surface area contributed by atoms with Crippen LogP contribution in [0.5, 0.6) is 0 Å². The van der Waals surface area contributed by atoms with Gasteiger partial charge in [0, 0.05) is 40.9 Å². The molecule has 0 heterocycles. The van der Waals surface area contributed by atoms with Gasteiger partial charge in [0.1, 0.15) is 0 Å². The smallest absolute Gasteiger partial charge is 0.253 e. The first-order valence-electron chi connectivity index (χ1n) is 7.46. The van der Waals surface area contributed by atoms with E-state index in [-0.39, 0.29) is 24.4 Å². The van der Waals surface area contributed by atoms with Gasteiger partial charge in [-0.1, -0.05) is 23.7 Å². The van der Waals surface area contributed by atoms with Crippen molar-refractivity contribution in [1.82, 2.24) is 4.90 Å². The number of likely N-dealkylation sites (N-methyl/N-ethyl adjacent to an activating group) is 1. The molecule has 0 aromatic heterocycles. The summed E-state index contributed by atoms with van der Waals surface area (Å²) < 4.78 is 0. The normalized spacial score (nSPS) is 11.5. The van der Waals surface area contributed by atoms with E-state index in [1.165, 1.54) is 10.5 Å². The molecule has 0 bridgehead atoms. The first kappa shape index (κ1) is 20.8. The summed E-state index contributed by atoms with van der Waals surface area (Å²) in [5.74, 6) is 0.852. The minimum absolute atomic E-state index is 0. The number of halogens is 2. The lowest BCUT2D eigenvalue weighted by molar-refractivity contribution is 0.0748. The standard InChI is InChI=1S/C18H21ClN2OS.ClH/c1-13(11-20)21(2)18(22)15-5-3-14(4-6-15)12-23-17-9-7-16(19)8-10-17;/h3-10,13H,11-12,20H2,1-2H3;1H. The predicted octanol–water partition coefficient (Wildman–Crippen LogP) is 4.47. The third-order valence-electron chi connectivity index (χ3n) is 3.74. The third-order valence-corrected chi connectivity index (χ3v) is 5.08. The molecule has 2 N–H and O–H groups in total. The van der Waals surface area contributed by atoms with Crippen molar-refractivity contribution in [3.63, 3.8) is 0 Å². The van der Waals surface area contributed by atoms with Crippen LogP contribution in [0.1, 0.15) is 22.8 Å². The molecule has 0 aliphatic carbocycles. The zero-order chi connectivity index (χ0) is 16.8. The highest BCUT2D eigenvalue weighted by molar-refractivity contribution is 7.98. The van der Waals surface area contributed by atoms with Crippen LogP contribution >= 0.6 is 35.8 Å². The summed E-state index contributed by atoms with van der Waals surface area (Å²) >= 11 is 7.62. The van der Waals surface area contributed by atoms with Crippen LogP contribution < -0.4 is 5.73 Å². The van der Waals surface area contributed by atoms with Gasteiger partial charge in [-0.2, -0.15) is 0 Å². The minimum Gasteiger partial charge on any atom is -0.338 e. The summed E-state index contributed by atoms with van der Waals surface area (Å²) in [5.41, 5.74) is 7.48. The first-order chi connectivity index (χ1) is 11.0. The van der Waals surface area contributed by atoms with Crippen LogP contribution in [-0.2, 0) is 5.75 Å². The lowest BCUT2D eigenvalue weighted by Gasteiger charge is -2.23. The maximum absolute atomic E-state index is 12.3. The molecular formula is C18H22Cl2N2OS. The number of rotatable bonds is 6. The Bertz CT molecular complexity index is 647. The number of carbonyl (C=O) groups excluding carboxylic acids is 1. The number of hydrogen-bond donors (Lipinski definition) is 1. The maximum atomic E-state index is 12.3. The summed E-state index contributed by atoms with van der Waals surface area (Å²) in [7, 11) is 1.78. The molecule has 1 atom stereocenters. The Morgan fingerprint density at radius 2 is 1.75 bits per heavy atom. The van der Waals surface area contributed by atoms with Crippen LogP contribution in [0.2, 0.25) is 5.02 Å². The second-order valence-corrected chi connectivity index (χ2v) is 6.93. The summed E-state index contributed by atoms with van der Waals surface area (Å²) in [5, 5.41) is 0.744. The van der Waals surface area contributed by atoms with Crippen LogP contribution in [0, 0.1) is 0 Å². The molecule has 2 aromatic carbocycles. The molecule has 2 aromatic rings. The van der Waals surface area contributed by atoms with E-state index < -0.39 is 0 Å². The number of benzene rings is 2. The Labute approximate surface area is 159 Å². The number of nitrogens with zero attached hydrogens (tertiary/aromatic N) is 1. The van der Waals surface area contributed by atoms with E-state index in [9.17, 15) is 4.79 Å². The van der Waals surface area contributed by atoms with E-state index in [4.69, 9.17) is 17.3 Å². The number of carbonyl (C=O) groups is 1. The van der Waals surface area contributed by atoms with Crippen LogP contribution in [0.15, 0.2) is 53.4 Å². The molecule has 130 valence electrons. The van der Waals surface area contributed by atoms with Gasteiger partial charge in [0.2, 0.25) is 0 Å². The third kappa shape index (κ3) is 5.71. The Hall–Kier alpha value is -1.20. The molecule has 3 nitrogen and oxygen atoms in total. The summed E-state index contributed by atoms with van der Waals surface area (Å²) in [4.78, 5) is 15.2.